The van der Waals surface area contributed by atoms with Gasteiger partial charge < -0.3 is 14.6 Å². The Bertz CT molecular complexity index is 1230. The van der Waals surface area contributed by atoms with Crippen LogP contribution in [0.5, 0.6) is 0 Å². The van der Waals surface area contributed by atoms with Crippen LogP contribution in [0.4, 0.5) is 0 Å². The van der Waals surface area contributed by atoms with Crippen molar-refractivity contribution in [3.05, 3.63) is 72.9 Å². The maximum absolute atomic E-state index is 12.3. The highest BCUT2D eigenvalue weighted by atomic mass is 16.6. The van der Waals surface area contributed by atoms with Gasteiger partial charge in [0, 0.05) is 12.8 Å². The number of unbranched alkanes of at least 4 members (excludes halogenated alkanes) is 35. The zero-order valence-electron chi connectivity index (χ0n) is 45.8. The first-order valence-corrected chi connectivity index (χ1v) is 30.0. The number of carbonyl (C=O) groups excluding carboxylic acids is 2. The van der Waals surface area contributed by atoms with E-state index in [1.165, 1.54) is 199 Å². The van der Waals surface area contributed by atoms with Gasteiger partial charge in [-0.05, 0) is 83.5 Å². The molecule has 0 aliphatic heterocycles. The topological polar surface area (TPSA) is 72.8 Å². The van der Waals surface area contributed by atoms with Gasteiger partial charge in [0.1, 0.15) is 6.61 Å². The molecule has 5 heteroatoms. The van der Waals surface area contributed by atoms with Crippen molar-refractivity contribution < 1.29 is 24.2 Å². The number of esters is 2. The summed E-state index contributed by atoms with van der Waals surface area (Å²) in [6.07, 6.45) is 82.0. The minimum atomic E-state index is -0.774. The zero-order valence-corrected chi connectivity index (χ0v) is 45.8. The highest BCUT2D eigenvalue weighted by molar-refractivity contribution is 5.70. The number of allylic oxidation sites excluding steroid dienone is 12. The summed E-state index contributed by atoms with van der Waals surface area (Å²) in [5, 5.41) is 9.63. The Morgan fingerprint density at radius 1 is 0.348 bits per heavy atom. The predicted molar refractivity (Wildman–Crippen MR) is 302 cm³/mol. The van der Waals surface area contributed by atoms with Crippen LogP contribution in [-0.4, -0.2) is 36.4 Å². The third-order valence-electron chi connectivity index (χ3n) is 13.2. The van der Waals surface area contributed by atoms with Gasteiger partial charge in [0.25, 0.3) is 0 Å². The molecule has 0 saturated carbocycles. The highest BCUT2D eigenvalue weighted by Crippen LogP contribution is 2.17. The van der Waals surface area contributed by atoms with Crippen molar-refractivity contribution in [3.8, 4) is 0 Å². The molecule has 400 valence electrons. The van der Waals surface area contributed by atoms with Crippen molar-refractivity contribution in [1.82, 2.24) is 0 Å². The molecule has 0 fully saturated rings. The lowest BCUT2D eigenvalue weighted by Crippen LogP contribution is -2.28. The average Bonchev–Trinajstić information content (AvgIpc) is 3.35. The van der Waals surface area contributed by atoms with Crippen molar-refractivity contribution in [2.75, 3.05) is 13.2 Å². The predicted octanol–water partition coefficient (Wildman–Crippen LogP) is 20.4. The van der Waals surface area contributed by atoms with E-state index in [1.807, 2.05) is 0 Å². The number of carbonyl (C=O) groups is 2. The lowest BCUT2D eigenvalue weighted by molar-refractivity contribution is -0.161. The zero-order chi connectivity index (χ0) is 49.9. The molecule has 0 radical (unpaired) electrons. The van der Waals surface area contributed by atoms with Crippen LogP contribution < -0.4 is 0 Å². The van der Waals surface area contributed by atoms with Gasteiger partial charge in [0.05, 0.1) is 6.61 Å². The van der Waals surface area contributed by atoms with Crippen molar-refractivity contribution >= 4 is 11.9 Å². The van der Waals surface area contributed by atoms with Crippen molar-refractivity contribution in [3.63, 3.8) is 0 Å². The molecule has 0 aliphatic rings. The third kappa shape index (κ3) is 57.8. The van der Waals surface area contributed by atoms with Gasteiger partial charge in [-0.2, -0.15) is 0 Å². The first-order chi connectivity index (χ1) is 34.1. The van der Waals surface area contributed by atoms with Gasteiger partial charge in [0.15, 0.2) is 6.10 Å². The van der Waals surface area contributed by atoms with E-state index in [-0.39, 0.29) is 25.2 Å². The van der Waals surface area contributed by atoms with Crippen LogP contribution in [0.2, 0.25) is 0 Å². The average molecular weight is 964 g/mol. The molecule has 1 unspecified atom stereocenters. The number of rotatable bonds is 55. The molecule has 0 amide bonds. The molecule has 5 nitrogen and oxygen atoms in total. The van der Waals surface area contributed by atoms with Crippen LogP contribution in [0.15, 0.2) is 72.9 Å². The molecule has 0 aliphatic carbocycles. The van der Waals surface area contributed by atoms with Crippen molar-refractivity contribution in [2.45, 2.75) is 309 Å². The summed E-state index contributed by atoms with van der Waals surface area (Å²) in [6.45, 7) is 4.03. The number of ether oxygens (including phenoxy) is 2. The molecule has 1 atom stereocenters. The van der Waals surface area contributed by atoms with E-state index < -0.39 is 6.10 Å². The second-order valence-electron chi connectivity index (χ2n) is 20.0. The normalized spacial score (nSPS) is 12.7. The van der Waals surface area contributed by atoms with Crippen LogP contribution in [-0.2, 0) is 19.1 Å². The fraction of sp³-hybridized carbons (Fsp3) is 0.781. The molecule has 0 aromatic rings. The SMILES string of the molecule is CC/C=C\C/C=C\C/C=C\C/C=C\C/C=C\CCCCCCCCCCCCCCCCCCCCCCCCCCCC(=O)OC(CO)COC(=O)CCCCCCC/C=C\CCCCCCC. The molecule has 0 spiro atoms. The van der Waals surface area contributed by atoms with Crippen LogP contribution in [0.1, 0.15) is 303 Å². The fourth-order valence-electron chi connectivity index (χ4n) is 8.76. The Labute approximate surface area is 429 Å². The van der Waals surface area contributed by atoms with Gasteiger partial charge in [-0.15, -0.1) is 0 Å². The summed E-state index contributed by atoms with van der Waals surface area (Å²) < 4.78 is 10.7. The van der Waals surface area contributed by atoms with Crippen LogP contribution >= 0.6 is 0 Å². The second kappa shape index (κ2) is 59.6. The minimum Gasteiger partial charge on any atom is -0.462 e. The molecule has 0 aromatic heterocycles. The highest BCUT2D eigenvalue weighted by Gasteiger charge is 2.16. The number of hydrogen-bond donors (Lipinski definition) is 1. The maximum Gasteiger partial charge on any atom is 0.306 e. The van der Waals surface area contributed by atoms with Gasteiger partial charge in [-0.1, -0.05) is 279 Å². The molecule has 0 bridgehead atoms. The van der Waals surface area contributed by atoms with E-state index in [4.69, 9.17) is 9.47 Å². The second-order valence-corrected chi connectivity index (χ2v) is 20.0. The summed E-state index contributed by atoms with van der Waals surface area (Å²) in [6, 6.07) is 0. The standard InChI is InChI=1S/C64H114O5/c1-3-5-7-9-11-13-15-17-19-20-21-22-23-24-25-26-27-28-29-30-31-32-33-34-35-36-37-38-39-40-41-42-43-44-45-47-49-51-53-55-57-59-64(67)69-62(60-65)61-68-63(66)58-56-54-52-50-48-46-18-16-14-12-10-8-6-4-2/h5,7,11,13,16-19,21-22,24-25,62,65H,3-4,6,8-10,12,14-15,20,23,26-61H2,1-2H3/b7-5-,13-11-,18-16-,19-17-,22-21-,25-24-. The van der Waals surface area contributed by atoms with Crippen molar-refractivity contribution in [1.29, 1.82) is 0 Å². The molecule has 1 N–H and O–H groups in total. The van der Waals surface area contributed by atoms with E-state index in [0.29, 0.717) is 12.8 Å². The largest absolute Gasteiger partial charge is 0.462 e. The Hall–Kier alpha value is -2.66. The lowest BCUT2D eigenvalue weighted by Gasteiger charge is -2.15. The molecule has 0 saturated heterocycles. The maximum atomic E-state index is 12.3. The Balaban J connectivity index is 3.39. The van der Waals surface area contributed by atoms with Crippen LogP contribution in [0, 0.1) is 0 Å². The third-order valence-corrected chi connectivity index (χ3v) is 13.2. The smallest absolute Gasteiger partial charge is 0.306 e. The quantitative estimate of drug-likeness (QED) is 0.0374. The number of aliphatic hydroxyl groups is 1. The van der Waals surface area contributed by atoms with Crippen LogP contribution in [0.3, 0.4) is 0 Å². The minimum absolute atomic E-state index is 0.0672. The van der Waals surface area contributed by atoms with E-state index in [2.05, 4.69) is 86.8 Å². The molecular formula is C64H114O5. The van der Waals surface area contributed by atoms with E-state index in [0.717, 1.165) is 77.0 Å². The fourth-order valence-corrected chi connectivity index (χ4v) is 8.76. The van der Waals surface area contributed by atoms with Gasteiger partial charge in [-0.3, -0.25) is 9.59 Å². The summed E-state index contributed by atoms with van der Waals surface area (Å²) in [5.41, 5.74) is 0. The number of hydrogen-bond acceptors (Lipinski definition) is 5. The molecule has 0 rings (SSSR count). The molecular weight excluding hydrogens is 849 g/mol. The lowest BCUT2D eigenvalue weighted by atomic mass is 10.0. The summed E-state index contributed by atoms with van der Waals surface area (Å²) in [4.78, 5) is 24.4. The van der Waals surface area contributed by atoms with E-state index in [9.17, 15) is 14.7 Å². The van der Waals surface area contributed by atoms with Gasteiger partial charge >= 0.3 is 11.9 Å². The van der Waals surface area contributed by atoms with E-state index >= 15 is 0 Å². The Morgan fingerprint density at radius 2 is 0.623 bits per heavy atom. The number of aliphatic hydroxyl groups excluding tert-OH is 1. The molecule has 0 aromatic carbocycles. The van der Waals surface area contributed by atoms with Crippen molar-refractivity contribution in [2.24, 2.45) is 0 Å². The van der Waals surface area contributed by atoms with Gasteiger partial charge in [0.2, 0.25) is 0 Å². The first-order valence-electron chi connectivity index (χ1n) is 30.0. The monoisotopic (exact) mass is 963 g/mol. The summed E-state index contributed by atoms with van der Waals surface area (Å²) >= 11 is 0. The molecule has 0 heterocycles. The van der Waals surface area contributed by atoms with Gasteiger partial charge in [-0.25, -0.2) is 0 Å². The summed E-state index contributed by atoms with van der Waals surface area (Å²) in [5.74, 6) is -0.589. The Kier molecular flexibility index (Phi) is 57.3. The first kappa shape index (κ1) is 66.3. The molecule has 69 heavy (non-hydrogen) atoms. The Morgan fingerprint density at radius 3 is 0.957 bits per heavy atom. The van der Waals surface area contributed by atoms with Crippen LogP contribution in [0.25, 0.3) is 0 Å². The summed E-state index contributed by atoms with van der Waals surface area (Å²) in [7, 11) is 0. The van der Waals surface area contributed by atoms with E-state index in [1.54, 1.807) is 0 Å².